The van der Waals surface area contributed by atoms with Crippen molar-refractivity contribution in [2.75, 3.05) is 0 Å². The summed E-state index contributed by atoms with van der Waals surface area (Å²) < 4.78 is 64.9. The van der Waals surface area contributed by atoms with Gasteiger partial charge in [0.05, 0.1) is 10.8 Å². The fraction of sp³-hybridized carbons (Fsp3) is 0.400. The number of alkyl halides is 3. The molecule has 0 aromatic heterocycles. The van der Waals surface area contributed by atoms with Crippen molar-refractivity contribution in [2.45, 2.75) is 25.3 Å². The largest absolute Gasteiger partial charge is 0.420 e. The number of para-hydroxylation sites is 1. The summed E-state index contributed by atoms with van der Waals surface area (Å²) in [4.78, 5) is 0. The van der Waals surface area contributed by atoms with Crippen molar-refractivity contribution >= 4 is 10.1 Å². The molecule has 3 nitrogen and oxygen atoms in total. The smallest absolute Gasteiger partial charge is 0.382 e. The fourth-order valence-corrected chi connectivity index (χ4v) is 1.58. The summed E-state index contributed by atoms with van der Waals surface area (Å²) in [6, 6.07) is 4.19. The molecule has 0 unspecified atom stereocenters. The Morgan fingerprint density at radius 1 is 1.18 bits per heavy atom. The average molecular weight is 268 g/mol. The first-order chi connectivity index (χ1) is 7.64. The van der Waals surface area contributed by atoms with Crippen LogP contribution in [0.15, 0.2) is 24.3 Å². The molecule has 0 saturated carbocycles. The Hall–Kier alpha value is -1.24. The molecule has 0 aliphatic heterocycles. The van der Waals surface area contributed by atoms with Crippen LogP contribution < -0.4 is 4.18 Å². The highest BCUT2D eigenvalue weighted by Crippen LogP contribution is 2.36. The van der Waals surface area contributed by atoms with Gasteiger partial charge in [0.1, 0.15) is 0 Å². The van der Waals surface area contributed by atoms with Gasteiger partial charge in [-0.25, -0.2) is 0 Å². The summed E-state index contributed by atoms with van der Waals surface area (Å²) in [7, 11) is -4.03. The minimum atomic E-state index is -4.65. The second-order valence-electron chi connectivity index (χ2n) is 3.62. The van der Waals surface area contributed by atoms with E-state index in [1.807, 2.05) is 0 Å². The van der Waals surface area contributed by atoms with Crippen LogP contribution in [0.25, 0.3) is 0 Å². The molecular formula is C10H11F3O3S. The second kappa shape index (κ2) is 4.56. The Labute approximate surface area is 97.3 Å². The van der Waals surface area contributed by atoms with E-state index >= 15 is 0 Å². The van der Waals surface area contributed by atoms with E-state index in [-0.39, 0.29) is 0 Å². The Morgan fingerprint density at radius 2 is 1.71 bits per heavy atom. The highest BCUT2D eigenvalue weighted by Gasteiger charge is 2.35. The maximum absolute atomic E-state index is 12.5. The van der Waals surface area contributed by atoms with E-state index in [4.69, 9.17) is 0 Å². The monoisotopic (exact) mass is 268 g/mol. The lowest BCUT2D eigenvalue weighted by Crippen LogP contribution is -2.21. The predicted molar refractivity (Wildman–Crippen MR) is 56.1 cm³/mol. The number of hydrogen-bond acceptors (Lipinski definition) is 3. The van der Waals surface area contributed by atoms with Gasteiger partial charge in [-0.1, -0.05) is 12.1 Å². The lowest BCUT2D eigenvalue weighted by Gasteiger charge is -2.14. The van der Waals surface area contributed by atoms with Gasteiger partial charge in [-0.2, -0.15) is 21.6 Å². The Bertz CT molecular complexity index is 492. The summed E-state index contributed by atoms with van der Waals surface area (Å²) in [6.07, 6.45) is -4.65. The molecule has 0 atom stereocenters. The molecule has 1 aromatic rings. The Balaban J connectivity index is 3.17. The molecule has 17 heavy (non-hydrogen) atoms. The second-order valence-corrected chi connectivity index (χ2v) is 5.71. The quantitative estimate of drug-likeness (QED) is 0.792. The van der Waals surface area contributed by atoms with Crippen LogP contribution >= 0.6 is 0 Å². The maximum Gasteiger partial charge on any atom is 0.420 e. The first-order valence-electron chi connectivity index (χ1n) is 4.74. The van der Waals surface area contributed by atoms with Crippen LogP contribution in [0.2, 0.25) is 0 Å². The van der Waals surface area contributed by atoms with Gasteiger partial charge in [0.15, 0.2) is 5.75 Å². The van der Waals surface area contributed by atoms with Crippen LogP contribution in [0.3, 0.4) is 0 Å². The molecule has 0 N–H and O–H groups in total. The first-order valence-corrected chi connectivity index (χ1v) is 6.21. The number of hydrogen-bond donors (Lipinski definition) is 0. The van der Waals surface area contributed by atoms with E-state index in [1.54, 1.807) is 0 Å². The molecule has 0 saturated heterocycles. The topological polar surface area (TPSA) is 43.4 Å². The van der Waals surface area contributed by atoms with Gasteiger partial charge >= 0.3 is 16.3 Å². The van der Waals surface area contributed by atoms with E-state index in [9.17, 15) is 21.6 Å². The molecule has 0 bridgehead atoms. The fourth-order valence-electron chi connectivity index (χ4n) is 0.995. The van der Waals surface area contributed by atoms with Crippen LogP contribution in [-0.2, 0) is 16.3 Å². The van der Waals surface area contributed by atoms with E-state index in [2.05, 4.69) is 4.18 Å². The van der Waals surface area contributed by atoms with E-state index in [0.29, 0.717) is 0 Å². The van der Waals surface area contributed by atoms with Gasteiger partial charge < -0.3 is 4.18 Å². The van der Waals surface area contributed by atoms with Crippen LogP contribution in [0.1, 0.15) is 19.4 Å². The van der Waals surface area contributed by atoms with Crippen molar-refractivity contribution in [2.24, 2.45) is 0 Å². The van der Waals surface area contributed by atoms with E-state index < -0.39 is 32.9 Å². The molecule has 0 amide bonds. The van der Waals surface area contributed by atoms with Crippen LogP contribution in [0, 0.1) is 0 Å². The summed E-state index contributed by atoms with van der Waals surface area (Å²) in [5.41, 5.74) is -1.11. The van der Waals surface area contributed by atoms with Crippen LogP contribution in [-0.4, -0.2) is 13.7 Å². The summed E-state index contributed by atoms with van der Waals surface area (Å²) >= 11 is 0. The summed E-state index contributed by atoms with van der Waals surface area (Å²) in [6.45, 7) is 2.65. The Kier molecular flexibility index (Phi) is 3.71. The van der Waals surface area contributed by atoms with Gasteiger partial charge in [-0.3, -0.25) is 0 Å². The molecule has 1 rings (SSSR count). The van der Waals surface area contributed by atoms with Crippen molar-refractivity contribution in [3.8, 4) is 5.75 Å². The molecule has 7 heteroatoms. The van der Waals surface area contributed by atoms with Gasteiger partial charge in [-0.15, -0.1) is 0 Å². The average Bonchev–Trinajstić information content (AvgIpc) is 2.15. The van der Waals surface area contributed by atoms with Crippen LogP contribution in [0.4, 0.5) is 13.2 Å². The molecule has 0 fully saturated rings. The molecular weight excluding hydrogens is 257 g/mol. The van der Waals surface area contributed by atoms with Gasteiger partial charge in [-0.05, 0) is 26.0 Å². The maximum atomic E-state index is 12.5. The third-order valence-electron chi connectivity index (χ3n) is 1.98. The van der Waals surface area contributed by atoms with Crippen molar-refractivity contribution in [1.29, 1.82) is 0 Å². The van der Waals surface area contributed by atoms with Crippen molar-refractivity contribution < 1.29 is 25.8 Å². The predicted octanol–water partition coefficient (Wildman–Crippen LogP) is 2.82. The molecule has 1 aromatic carbocycles. The lowest BCUT2D eigenvalue weighted by molar-refractivity contribution is -0.138. The summed E-state index contributed by atoms with van der Waals surface area (Å²) in [5.74, 6) is -0.700. The summed E-state index contributed by atoms with van der Waals surface area (Å²) in [5, 5.41) is -0.913. The molecule has 0 spiro atoms. The normalized spacial score (nSPS) is 12.8. The van der Waals surface area contributed by atoms with E-state index in [0.717, 1.165) is 18.2 Å². The first kappa shape index (κ1) is 13.8. The zero-order valence-corrected chi connectivity index (χ0v) is 9.97. The van der Waals surface area contributed by atoms with Crippen molar-refractivity contribution in [3.63, 3.8) is 0 Å². The standard InChI is InChI=1S/C10H11F3O3S/c1-7(2)17(14,15)16-9-6-4-3-5-8(9)10(11,12)13/h3-7H,1-2H3. The van der Waals surface area contributed by atoms with Crippen LogP contribution in [0.5, 0.6) is 5.75 Å². The molecule has 0 aliphatic rings. The number of halogens is 3. The van der Waals surface area contributed by atoms with Crippen molar-refractivity contribution in [1.82, 2.24) is 0 Å². The van der Waals surface area contributed by atoms with Gasteiger partial charge in [0, 0.05) is 0 Å². The van der Waals surface area contributed by atoms with Crippen molar-refractivity contribution in [3.05, 3.63) is 29.8 Å². The lowest BCUT2D eigenvalue weighted by atomic mass is 10.2. The number of rotatable bonds is 3. The minimum absolute atomic E-state index is 0.700. The molecule has 0 heterocycles. The Morgan fingerprint density at radius 3 is 2.18 bits per heavy atom. The van der Waals surface area contributed by atoms with Gasteiger partial charge in [0.2, 0.25) is 0 Å². The highest BCUT2D eigenvalue weighted by molar-refractivity contribution is 7.87. The third-order valence-corrected chi connectivity index (χ3v) is 3.54. The number of benzene rings is 1. The SMILES string of the molecule is CC(C)S(=O)(=O)Oc1ccccc1C(F)(F)F. The van der Waals surface area contributed by atoms with E-state index in [1.165, 1.54) is 19.9 Å². The highest BCUT2D eigenvalue weighted by atomic mass is 32.2. The zero-order valence-electron chi connectivity index (χ0n) is 9.15. The zero-order chi connectivity index (χ0) is 13.3. The molecule has 0 aliphatic carbocycles. The molecule has 0 radical (unpaired) electrons. The third kappa shape index (κ3) is 3.36. The minimum Gasteiger partial charge on any atom is -0.382 e. The van der Waals surface area contributed by atoms with Gasteiger partial charge in [0.25, 0.3) is 0 Å². The molecule has 96 valence electrons.